The van der Waals surface area contributed by atoms with Gasteiger partial charge in [0, 0.05) is 19.3 Å². The number of hydrogen-bond acceptors (Lipinski definition) is 3. The SMILES string of the molecule is C/C=C\N=C\NCC(O)CN(CC)CC. The van der Waals surface area contributed by atoms with Crippen LogP contribution in [0.4, 0.5) is 0 Å². The number of nitrogens with one attached hydrogen (secondary N) is 1. The number of nitrogens with zero attached hydrogens (tertiary/aromatic N) is 2. The van der Waals surface area contributed by atoms with E-state index in [1.54, 1.807) is 12.5 Å². The lowest BCUT2D eigenvalue weighted by molar-refractivity contribution is 0.121. The lowest BCUT2D eigenvalue weighted by atomic mass is 10.3. The standard InChI is InChI=1S/C11H23N3O/c1-4-7-12-10-13-8-11(15)9-14(5-2)6-3/h4,7,10-11,15H,5-6,8-9H2,1-3H3,(H,12,13)/b7-4-. The fourth-order valence-corrected chi connectivity index (χ4v) is 1.21. The molecule has 0 saturated carbocycles. The summed E-state index contributed by atoms with van der Waals surface area (Å²) < 4.78 is 0. The normalized spacial score (nSPS) is 14.2. The van der Waals surface area contributed by atoms with Crippen molar-refractivity contribution in [1.29, 1.82) is 0 Å². The number of hydrogen-bond donors (Lipinski definition) is 2. The summed E-state index contributed by atoms with van der Waals surface area (Å²) in [5, 5.41) is 12.6. The number of aliphatic hydroxyl groups is 1. The number of likely N-dealkylation sites (N-methyl/N-ethyl adjacent to an activating group) is 1. The predicted molar refractivity (Wildman–Crippen MR) is 65.1 cm³/mol. The third kappa shape index (κ3) is 8.15. The van der Waals surface area contributed by atoms with Crippen LogP contribution in [0.5, 0.6) is 0 Å². The molecule has 0 heterocycles. The highest BCUT2D eigenvalue weighted by molar-refractivity contribution is 5.55. The molecule has 0 saturated heterocycles. The molecule has 1 unspecified atom stereocenters. The second-order valence-electron chi connectivity index (χ2n) is 3.31. The van der Waals surface area contributed by atoms with Gasteiger partial charge in [-0.1, -0.05) is 19.9 Å². The Morgan fingerprint density at radius 3 is 2.60 bits per heavy atom. The van der Waals surface area contributed by atoms with E-state index < -0.39 is 0 Å². The maximum atomic E-state index is 9.65. The van der Waals surface area contributed by atoms with E-state index in [4.69, 9.17) is 0 Å². The molecule has 2 N–H and O–H groups in total. The Bertz CT molecular complexity index is 188. The Labute approximate surface area is 92.7 Å². The van der Waals surface area contributed by atoms with Crippen LogP contribution in [0.25, 0.3) is 0 Å². The topological polar surface area (TPSA) is 47.9 Å². The van der Waals surface area contributed by atoms with Crippen LogP contribution in [0, 0.1) is 0 Å². The van der Waals surface area contributed by atoms with E-state index >= 15 is 0 Å². The van der Waals surface area contributed by atoms with Gasteiger partial charge in [0.05, 0.1) is 12.4 Å². The summed E-state index contributed by atoms with van der Waals surface area (Å²) in [6.07, 6.45) is 4.81. The molecular formula is C11H23N3O. The number of aliphatic hydroxyl groups excluding tert-OH is 1. The van der Waals surface area contributed by atoms with Crippen LogP contribution in [0.15, 0.2) is 17.3 Å². The zero-order chi connectivity index (χ0) is 11.5. The summed E-state index contributed by atoms with van der Waals surface area (Å²) in [7, 11) is 0. The quantitative estimate of drug-likeness (QED) is 0.464. The van der Waals surface area contributed by atoms with E-state index in [1.165, 1.54) is 0 Å². The van der Waals surface area contributed by atoms with Crippen molar-refractivity contribution in [1.82, 2.24) is 10.2 Å². The highest BCUT2D eigenvalue weighted by Gasteiger charge is 2.07. The van der Waals surface area contributed by atoms with Crippen LogP contribution in [-0.4, -0.2) is 48.6 Å². The summed E-state index contributed by atoms with van der Waals surface area (Å²) in [5.74, 6) is 0. The zero-order valence-electron chi connectivity index (χ0n) is 9.98. The molecule has 0 aromatic carbocycles. The van der Waals surface area contributed by atoms with Gasteiger partial charge in [0.2, 0.25) is 0 Å². The van der Waals surface area contributed by atoms with Crippen molar-refractivity contribution >= 4 is 6.34 Å². The molecule has 15 heavy (non-hydrogen) atoms. The van der Waals surface area contributed by atoms with Crippen molar-refractivity contribution in [3.05, 3.63) is 12.3 Å². The van der Waals surface area contributed by atoms with E-state index in [0.29, 0.717) is 13.1 Å². The van der Waals surface area contributed by atoms with Crippen LogP contribution in [-0.2, 0) is 0 Å². The zero-order valence-corrected chi connectivity index (χ0v) is 9.98. The first-order valence-electron chi connectivity index (χ1n) is 5.51. The minimum Gasteiger partial charge on any atom is -0.390 e. The monoisotopic (exact) mass is 213 g/mol. The van der Waals surface area contributed by atoms with Crippen LogP contribution in [0.3, 0.4) is 0 Å². The van der Waals surface area contributed by atoms with E-state index in [9.17, 15) is 5.11 Å². The van der Waals surface area contributed by atoms with E-state index in [-0.39, 0.29) is 6.10 Å². The number of rotatable bonds is 8. The lowest BCUT2D eigenvalue weighted by Gasteiger charge is -2.21. The molecule has 4 heteroatoms. The van der Waals surface area contributed by atoms with Gasteiger partial charge in [0.15, 0.2) is 0 Å². The van der Waals surface area contributed by atoms with Gasteiger partial charge in [-0.05, 0) is 20.0 Å². The molecule has 0 bridgehead atoms. The molecule has 0 aromatic heterocycles. The Hall–Kier alpha value is -0.870. The molecule has 0 amide bonds. The first-order valence-corrected chi connectivity index (χ1v) is 5.51. The molecular weight excluding hydrogens is 190 g/mol. The second kappa shape index (κ2) is 9.68. The first kappa shape index (κ1) is 14.1. The lowest BCUT2D eigenvalue weighted by Crippen LogP contribution is -2.37. The third-order valence-electron chi connectivity index (χ3n) is 2.12. The maximum absolute atomic E-state index is 9.65. The van der Waals surface area contributed by atoms with Crippen LogP contribution in [0.1, 0.15) is 20.8 Å². The van der Waals surface area contributed by atoms with Crippen LogP contribution in [0.2, 0.25) is 0 Å². The maximum Gasteiger partial charge on any atom is 0.0879 e. The van der Waals surface area contributed by atoms with Crippen molar-refractivity contribution in [3.63, 3.8) is 0 Å². The van der Waals surface area contributed by atoms with Crippen molar-refractivity contribution in [2.75, 3.05) is 26.2 Å². The van der Waals surface area contributed by atoms with E-state index in [2.05, 4.69) is 29.1 Å². The third-order valence-corrected chi connectivity index (χ3v) is 2.12. The predicted octanol–water partition coefficient (Wildman–Crippen LogP) is 0.841. The molecule has 0 radical (unpaired) electrons. The van der Waals surface area contributed by atoms with Gasteiger partial charge in [-0.25, -0.2) is 4.99 Å². The van der Waals surface area contributed by atoms with Crippen molar-refractivity contribution < 1.29 is 5.11 Å². The summed E-state index contributed by atoms with van der Waals surface area (Å²) in [4.78, 5) is 6.13. The molecule has 88 valence electrons. The Morgan fingerprint density at radius 1 is 1.40 bits per heavy atom. The summed E-state index contributed by atoms with van der Waals surface area (Å²) >= 11 is 0. The highest BCUT2D eigenvalue weighted by Crippen LogP contribution is 1.90. The largest absolute Gasteiger partial charge is 0.390 e. The summed E-state index contributed by atoms with van der Waals surface area (Å²) in [6, 6.07) is 0. The minimum absolute atomic E-state index is 0.345. The molecule has 1 atom stereocenters. The van der Waals surface area contributed by atoms with Gasteiger partial charge in [-0.2, -0.15) is 0 Å². The van der Waals surface area contributed by atoms with Gasteiger partial charge in [-0.15, -0.1) is 0 Å². The van der Waals surface area contributed by atoms with Crippen LogP contribution >= 0.6 is 0 Å². The van der Waals surface area contributed by atoms with Crippen molar-refractivity contribution in [3.8, 4) is 0 Å². The van der Waals surface area contributed by atoms with Crippen molar-refractivity contribution in [2.24, 2.45) is 4.99 Å². The number of aliphatic imine (C=N–C) groups is 1. The van der Waals surface area contributed by atoms with Gasteiger partial charge >= 0.3 is 0 Å². The van der Waals surface area contributed by atoms with Gasteiger partial charge in [0.25, 0.3) is 0 Å². The van der Waals surface area contributed by atoms with Gasteiger partial charge in [-0.3, -0.25) is 0 Å². The fourth-order valence-electron chi connectivity index (χ4n) is 1.21. The smallest absolute Gasteiger partial charge is 0.0879 e. The average Bonchev–Trinajstić information content (AvgIpc) is 2.25. The first-order chi connectivity index (χ1) is 7.24. The molecule has 0 fully saturated rings. The molecule has 0 aromatic rings. The highest BCUT2D eigenvalue weighted by atomic mass is 16.3. The van der Waals surface area contributed by atoms with Crippen molar-refractivity contribution in [2.45, 2.75) is 26.9 Å². The Morgan fingerprint density at radius 2 is 2.07 bits per heavy atom. The second-order valence-corrected chi connectivity index (χ2v) is 3.31. The van der Waals surface area contributed by atoms with Crippen LogP contribution < -0.4 is 5.32 Å². The summed E-state index contributed by atoms with van der Waals surface area (Å²) in [6.45, 7) is 9.29. The Balaban J connectivity index is 3.60. The summed E-state index contributed by atoms with van der Waals surface area (Å²) in [5.41, 5.74) is 0. The number of allylic oxidation sites excluding steroid dienone is 1. The molecule has 4 nitrogen and oxygen atoms in total. The Kier molecular flexibility index (Phi) is 9.11. The molecule has 0 rings (SSSR count). The molecule has 0 aliphatic rings. The van der Waals surface area contributed by atoms with E-state index in [1.807, 2.05) is 13.0 Å². The average molecular weight is 213 g/mol. The minimum atomic E-state index is -0.345. The van der Waals surface area contributed by atoms with Gasteiger partial charge in [0.1, 0.15) is 0 Å². The fraction of sp³-hybridized carbons (Fsp3) is 0.727. The molecule has 0 aliphatic carbocycles. The van der Waals surface area contributed by atoms with Gasteiger partial charge < -0.3 is 15.3 Å². The van der Waals surface area contributed by atoms with E-state index in [0.717, 1.165) is 13.1 Å². The molecule has 0 spiro atoms. The molecule has 0 aliphatic heterocycles.